The number of carbonyl (C=O) groups excluding carboxylic acids is 1. The number of rotatable bonds is 6. The Hall–Kier alpha value is -2.44. The van der Waals surface area contributed by atoms with Crippen LogP contribution in [-0.4, -0.2) is 22.4 Å². The van der Waals surface area contributed by atoms with Crippen LogP contribution in [0.15, 0.2) is 64.4 Å². The summed E-state index contributed by atoms with van der Waals surface area (Å²) in [5.41, 5.74) is 0.422. The molecule has 0 amide bonds. The lowest BCUT2D eigenvalue weighted by molar-refractivity contribution is -0.137. The second-order valence-electron chi connectivity index (χ2n) is 7.43. The summed E-state index contributed by atoms with van der Waals surface area (Å²) in [6.07, 6.45) is 0. The van der Waals surface area contributed by atoms with Gasteiger partial charge >= 0.3 is 5.97 Å². The molecular weight excluding hydrogens is 408 g/mol. The minimum atomic E-state index is -0.489. The third-order valence-corrected chi connectivity index (χ3v) is 5.38. The molecule has 1 heterocycles. The Morgan fingerprint density at radius 1 is 1.10 bits per heavy atom. The van der Waals surface area contributed by atoms with E-state index in [-0.39, 0.29) is 12.1 Å². The normalized spacial score (nSPS) is 11.3. The maximum Gasteiger partial charge on any atom is 0.350 e. The quantitative estimate of drug-likeness (QED) is 0.467. The molecule has 0 bridgehead atoms. The minimum Gasteiger partial charge on any atom is -0.482 e. The summed E-state index contributed by atoms with van der Waals surface area (Å²) < 4.78 is 13.0. The lowest BCUT2D eigenvalue weighted by Crippen LogP contribution is -2.27. The molecule has 0 atom stereocenters. The molecule has 2 aromatic carbocycles. The van der Waals surface area contributed by atoms with Crippen molar-refractivity contribution in [3.05, 3.63) is 65.3 Å². The van der Waals surface area contributed by atoms with Crippen LogP contribution < -0.4 is 9.47 Å². The Bertz CT molecular complexity index is 980. The topological polar surface area (TPSA) is 53.4 Å². The van der Waals surface area contributed by atoms with E-state index in [2.05, 4.69) is 5.10 Å². The van der Waals surface area contributed by atoms with Crippen molar-refractivity contribution in [2.45, 2.75) is 43.0 Å². The fraction of sp³-hybridized carbons (Fsp3) is 0.273. The molecule has 0 N–H and O–H groups in total. The molecule has 7 heteroatoms. The van der Waals surface area contributed by atoms with Gasteiger partial charge in [0.1, 0.15) is 5.75 Å². The van der Waals surface area contributed by atoms with E-state index in [4.69, 9.17) is 21.1 Å². The first-order valence-electron chi connectivity index (χ1n) is 9.16. The van der Waals surface area contributed by atoms with Gasteiger partial charge in [-0.1, -0.05) is 41.6 Å². The van der Waals surface area contributed by atoms with E-state index in [9.17, 15) is 4.79 Å². The van der Waals surface area contributed by atoms with E-state index in [0.717, 1.165) is 15.5 Å². The van der Waals surface area contributed by atoms with Crippen molar-refractivity contribution < 1.29 is 14.3 Å². The summed E-state index contributed by atoms with van der Waals surface area (Å²) in [6.45, 7) is 7.73. The molecule has 3 aromatic rings. The molecule has 1 aromatic heterocycles. The van der Waals surface area contributed by atoms with Crippen LogP contribution in [0.3, 0.4) is 0 Å². The lowest BCUT2D eigenvalue weighted by atomic mass is 10.1. The smallest absolute Gasteiger partial charge is 0.350 e. The lowest BCUT2D eigenvalue weighted by Gasteiger charge is -2.22. The van der Waals surface area contributed by atoms with Crippen LogP contribution >= 0.6 is 23.4 Å². The second-order valence-corrected chi connectivity index (χ2v) is 8.95. The number of para-hydroxylation sites is 1. The van der Waals surface area contributed by atoms with Crippen LogP contribution in [-0.2, 0) is 10.3 Å². The second kappa shape index (κ2) is 8.93. The largest absolute Gasteiger partial charge is 0.482 e. The van der Waals surface area contributed by atoms with E-state index >= 15 is 0 Å². The number of hydrogen-bond donors (Lipinski definition) is 0. The Kier molecular flexibility index (Phi) is 6.55. The van der Waals surface area contributed by atoms with Crippen LogP contribution in [0.2, 0.25) is 5.02 Å². The Morgan fingerprint density at radius 2 is 1.76 bits per heavy atom. The molecule has 0 radical (unpaired) electrons. The summed E-state index contributed by atoms with van der Waals surface area (Å²) >= 11 is 7.47. The molecule has 0 aliphatic rings. The number of nitrogens with zero attached hydrogens (tertiary/aromatic N) is 2. The van der Waals surface area contributed by atoms with Crippen molar-refractivity contribution >= 4 is 29.3 Å². The number of carbonyl (C=O) groups is 1. The number of benzene rings is 2. The molecule has 152 valence electrons. The Balaban J connectivity index is 1.84. The first-order chi connectivity index (χ1) is 13.7. The molecule has 3 rings (SSSR count). The molecular formula is C22H23ClN2O3S. The molecule has 0 spiro atoms. The predicted molar refractivity (Wildman–Crippen MR) is 115 cm³/mol. The highest BCUT2D eigenvalue weighted by Gasteiger charge is 2.27. The van der Waals surface area contributed by atoms with Crippen molar-refractivity contribution in [3.8, 4) is 11.6 Å². The van der Waals surface area contributed by atoms with Crippen LogP contribution in [0.1, 0.15) is 26.5 Å². The Morgan fingerprint density at radius 3 is 2.38 bits per heavy atom. The first kappa shape index (κ1) is 21.3. The molecule has 0 fully saturated rings. The minimum absolute atomic E-state index is 0.191. The third-order valence-electron chi connectivity index (χ3n) is 3.94. The van der Waals surface area contributed by atoms with Gasteiger partial charge in [0, 0.05) is 9.92 Å². The summed E-state index contributed by atoms with van der Waals surface area (Å²) in [4.78, 5) is 14.3. The molecule has 0 saturated carbocycles. The van der Waals surface area contributed by atoms with Crippen molar-refractivity contribution in [2.24, 2.45) is 0 Å². The highest BCUT2D eigenvalue weighted by molar-refractivity contribution is 7.99. The maximum absolute atomic E-state index is 12.5. The zero-order valence-electron chi connectivity index (χ0n) is 16.8. The summed E-state index contributed by atoms with van der Waals surface area (Å²) in [6, 6.07) is 16.7. The number of halogens is 1. The van der Waals surface area contributed by atoms with Gasteiger partial charge in [-0.15, -0.1) is 0 Å². The van der Waals surface area contributed by atoms with Gasteiger partial charge < -0.3 is 9.47 Å². The fourth-order valence-corrected chi connectivity index (χ4v) is 3.61. The van der Waals surface area contributed by atoms with Gasteiger partial charge in [0.05, 0.1) is 16.1 Å². The number of esters is 1. The average Bonchev–Trinajstić information content (AvgIpc) is 2.99. The van der Waals surface area contributed by atoms with Gasteiger partial charge in [0.25, 0.3) is 0 Å². The fourth-order valence-electron chi connectivity index (χ4n) is 2.57. The van der Waals surface area contributed by atoms with Gasteiger partial charge in [-0.2, -0.15) is 5.10 Å². The standard InChI is InChI=1S/C22H23ClN2O3S/c1-15-20(29-18-12-10-16(23)11-13-18)21(25(24-15)22(2,3)4)28-19(26)14-27-17-8-6-5-7-9-17/h5-13H,14H2,1-4H3. The van der Waals surface area contributed by atoms with E-state index in [1.54, 1.807) is 16.8 Å². The number of ether oxygens (including phenoxy) is 2. The van der Waals surface area contributed by atoms with Gasteiger partial charge in [-0.05, 0) is 64.1 Å². The number of aryl methyl sites for hydroxylation is 1. The zero-order chi connectivity index (χ0) is 21.0. The SMILES string of the molecule is Cc1nn(C(C)(C)C)c(OC(=O)COc2ccccc2)c1Sc1ccc(Cl)cc1. The van der Waals surface area contributed by atoms with Crippen LogP contribution in [0, 0.1) is 6.92 Å². The van der Waals surface area contributed by atoms with E-state index in [1.807, 2.05) is 70.2 Å². The number of aromatic nitrogens is 2. The highest BCUT2D eigenvalue weighted by Crippen LogP contribution is 2.40. The van der Waals surface area contributed by atoms with Gasteiger partial charge in [-0.3, -0.25) is 0 Å². The summed E-state index contributed by atoms with van der Waals surface area (Å²) in [5, 5.41) is 5.29. The number of hydrogen-bond acceptors (Lipinski definition) is 5. The van der Waals surface area contributed by atoms with Gasteiger partial charge in [-0.25, -0.2) is 9.48 Å². The van der Waals surface area contributed by atoms with Crippen molar-refractivity contribution in [3.63, 3.8) is 0 Å². The molecule has 0 saturated heterocycles. The maximum atomic E-state index is 12.5. The summed E-state index contributed by atoms with van der Waals surface area (Å²) in [7, 11) is 0. The van der Waals surface area contributed by atoms with Crippen molar-refractivity contribution in [2.75, 3.05) is 6.61 Å². The van der Waals surface area contributed by atoms with Crippen LogP contribution in [0.25, 0.3) is 0 Å². The Labute approximate surface area is 180 Å². The van der Waals surface area contributed by atoms with Gasteiger partial charge in [0.2, 0.25) is 5.88 Å². The van der Waals surface area contributed by atoms with E-state index in [0.29, 0.717) is 16.7 Å². The molecule has 0 unspecified atom stereocenters. The van der Waals surface area contributed by atoms with E-state index in [1.165, 1.54) is 11.8 Å². The first-order valence-corrected chi connectivity index (χ1v) is 10.4. The monoisotopic (exact) mass is 430 g/mol. The van der Waals surface area contributed by atoms with Crippen molar-refractivity contribution in [1.29, 1.82) is 0 Å². The average molecular weight is 431 g/mol. The van der Waals surface area contributed by atoms with Crippen LogP contribution in [0.5, 0.6) is 11.6 Å². The molecule has 29 heavy (non-hydrogen) atoms. The highest BCUT2D eigenvalue weighted by atomic mass is 35.5. The zero-order valence-corrected chi connectivity index (χ0v) is 18.4. The van der Waals surface area contributed by atoms with E-state index < -0.39 is 5.97 Å². The van der Waals surface area contributed by atoms with Crippen LogP contribution in [0.4, 0.5) is 0 Å². The van der Waals surface area contributed by atoms with Crippen molar-refractivity contribution in [1.82, 2.24) is 9.78 Å². The summed E-state index contributed by atoms with van der Waals surface area (Å²) in [5.74, 6) is 0.537. The van der Waals surface area contributed by atoms with Gasteiger partial charge in [0.15, 0.2) is 6.61 Å². The molecule has 5 nitrogen and oxygen atoms in total. The predicted octanol–water partition coefficient (Wildman–Crippen LogP) is 5.74. The third kappa shape index (κ3) is 5.55. The molecule has 0 aliphatic heterocycles. The molecule has 0 aliphatic carbocycles.